The third-order valence-corrected chi connectivity index (χ3v) is 2.55. The van der Waals surface area contributed by atoms with Gasteiger partial charge in [0.25, 0.3) is 0 Å². The molecular weight excluding hydrogens is 222 g/mol. The van der Waals surface area contributed by atoms with Crippen LogP contribution in [0.2, 0.25) is 0 Å². The first kappa shape index (κ1) is 10.7. The molecule has 0 fully saturated rings. The van der Waals surface area contributed by atoms with Crippen LogP contribution in [-0.4, -0.2) is 22.8 Å². The van der Waals surface area contributed by atoms with Crippen molar-refractivity contribution in [2.75, 3.05) is 12.9 Å². The van der Waals surface area contributed by atoms with Crippen LogP contribution >= 0.6 is 11.8 Å². The monoisotopic (exact) mass is 231 g/mol. The summed E-state index contributed by atoms with van der Waals surface area (Å²) in [6, 6.07) is 9.51. The predicted molar refractivity (Wildman–Crippen MR) is 62.4 cm³/mol. The third-order valence-electron chi connectivity index (χ3n) is 2.00. The van der Waals surface area contributed by atoms with E-state index in [9.17, 15) is 0 Å². The molecule has 0 saturated carbocycles. The van der Waals surface area contributed by atoms with Crippen molar-refractivity contribution in [1.82, 2.24) is 9.97 Å². The van der Waals surface area contributed by atoms with Gasteiger partial charge in [0.05, 0.1) is 10.9 Å². The maximum absolute atomic E-state index is 8.50. The fourth-order valence-corrected chi connectivity index (χ4v) is 1.69. The van der Waals surface area contributed by atoms with Crippen molar-refractivity contribution in [1.29, 1.82) is 5.26 Å². The van der Waals surface area contributed by atoms with Crippen molar-refractivity contribution in [2.45, 2.75) is 5.16 Å². The summed E-state index contributed by atoms with van der Waals surface area (Å²) >= 11 is 1.45. The molecule has 0 saturated heterocycles. The normalized spacial score (nSPS) is 10.0. The van der Waals surface area contributed by atoms with Gasteiger partial charge in [0.15, 0.2) is 11.8 Å². The summed E-state index contributed by atoms with van der Waals surface area (Å²) in [5.74, 6) is 0.469. The zero-order valence-electron chi connectivity index (χ0n) is 8.67. The molecule has 0 spiro atoms. The van der Waals surface area contributed by atoms with Gasteiger partial charge in [-0.05, 0) is 18.4 Å². The van der Waals surface area contributed by atoms with Crippen LogP contribution in [0.5, 0.6) is 5.88 Å². The summed E-state index contributed by atoms with van der Waals surface area (Å²) in [5, 5.41) is 9.98. The van der Waals surface area contributed by atoms with E-state index in [4.69, 9.17) is 10.00 Å². The zero-order valence-corrected chi connectivity index (χ0v) is 9.49. The van der Waals surface area contributed by atoms with Crippen LogP contribution in [0.25, 0.3) is 10.9 Å². The third kappa shape index (κ3) is 2.07. The van der Waals surface area contributed by atoms with Gasteiger partial charge in [-0.1, -0.05) is 23.9 Å². The van der Waals surface area contributed by atoms with E-state index in [1.54, 1.807) is 0 Å². The Morgan fingerprint density at radius 1 is 1.38 bits per heavy atom. The van der Waals surface area contributed by atoms with Gasteiger partial charge in [-0.25, -0.2) is 4.98 Å². The number of thioether (sulfide) groups is 1. The molecule has 0 amide bonds. The summed E-state index contributed by atoms with van der Waals surface area (Å²) in [4.78, 5) is 8.59. The lowest BCUT2D eigenvalue weighted by atomic mass is 10.2. The van der Waals surface area contributed by atoms with Crippen LogP contribution in [0.1, 0.15) is 0 Å². The molecule has 0 bridgehead atoms. The van der Waals surface area contributed by atoms with Crippen molar-refractivity contribution in [3.8, 4) is 11.9 Å². The van der Waals surface area contributed by atoms with Crippen LogP contribution in [0.4, 0.5) is 0 Å². The van der Waals surface area contributed by atoms with E-state index in [2.05, 4.69) is 9.97 Å². The number of ether oxygens (including phenoxy) is 1. The van der Waals surface area contributed by atoms with Gasteiger partial charge in [0, 0.05) is 0 Å². The van der Waals surface area contributed by atoms with E-state index in [1.807, 2.05) is 36.6 Å². The Labute approximate surface area is 97.3 Å². The molecular formula is C11H9N3OS. The number of rotatable bonds is 3. The molecule has 1 aromatic carbocycles. The Morgan fingerprint density at radius 3 is 2.94 bits per heavy atom. The van der Waals surface area contributed by atoms with Crippen molar-refractivity contribution in [3.05, 3.63) is 24.3 Å². The van der Waals surface area contributed by atoms with Crippen LogP contribution < -0.4 is 4.74 Å². The number of benzene rings is 1. The number of para-hydroxylation sites is 1. The Balaban J connectivity index is 2.55. The van der Waals surface area contributed by atoms with Crippen LogP contribution in [0.15, 0.2) is 29.4 Å². The van der Waals surface area contributed by atoms with E-state index in [1.165, 1.54) is 11.8 Å². The van der Waals surface area contributed by atoms with Crippen LogP contribution in [-0.2, 0) is 0 Å². The summed E-state index contributed by atoms with van der Waals surface area (Å²) in [7, 11) is 0. The minimum Gasteiger partial charge on any atom is -0.462 e. The lowest BCUT2D eigenvalue weighted by molar-refractivity contribution is 0.354. The fourth-order valence-electron chi connectivity index (χ4n) is 1.33. The molecule has 4 nitrogen and oxygen atoms in total. The maximum Gasteiger partial charge on any atom is 0.226 e. The highest BCUT2D eigenvalue weighted by atomic mass is 32.2. The molecule has 1 heterocycles. The first-order chi connectivity index (χ1) is 7.85. The molecule has 0 radical (unpaired) electrons. The largest absolute Gasteiger partial charge is 0.462 e. The average Bonchev–Trinajstić information content (AvgIpc) is 2.35. The Hall–Kier alpha value is -1.80. The lowest BCUT2D eigenvalue weighted by Gasteiger charge is -2.06. The van der Waals surface area contributed by atoms with Crippen molar-refractivity contribution < 1.29 is 4.74 Å². The van der Waals surface area contributed by atoms with Gasteiger partial charge >= 0.3 is 0 Å². The number of hydrogen-bond acceptors (Lipinski definition) is 5. The number of aromatic nitrogens is 2. The van der Waals surface area contributed by atoms with E-state index in [0.717, 1.165) is 10.9 Å². The van der Waals surface area contributed by atoms with E-state index < -0.39 is 0 Å². The number of hydrogen-bond donors (Lipinski definition) is 0. The Bertz CT molecular complexity index is 550. The second-order valence-electron chi connectivity index (χ2n) is 2.98. The van der Waals surface area contributed by atoms with E-state index in [-0.39, 0.29) is 6.61 Å². The van der Waals surface area contributed by atoms with Crippen LogP contribution in [0, 0.1) is 11.3 Å². The molecule has 0 N–H and O–H groups in total. The lowest BCUT2D eigenvalue weighted by Crippen LogP contribution is -1.99. The fraction of sp³-hybridized carbons (Fsp3) is 0.182. The van der Waals surface area contributed by atoms with Gasteiger partial charge in [-0.15, -0.1) is 0 Å². The average molecular weight is 231 g/mol. The van der Waals surface area contributed by atoms with Gasteiger partial charge in [-0.3, -0.25) is 0 Å². The number of fused-ring (bicyclic) bond motifs is 1. The SMILES string of the molecule is CSc1nc(OCC#N)c2ccccc2n1. The van der Waals surface area contributed by atoms with Gasteiger partial charge in [0.1, 0.15) is 6.07 Å². The van der Waals surface area contributed by atoms with Gasteiger partial charge in [-0.2, -0.15) is 10.2 Å². The zero-order chi connectivity index (χ0) is 11.4. The summed E-state index contributed by atoms with van der Waals surface area (Å²) < 4.78 is 5.29. The molecule has 16 heavy (non-hydrogen) atoms. The molecule has 80 valence electrons. The molecule has 0 unspecified atom stereocenters. The topological polar surface area (TPSA) is 58.8 Å². The number of nitriles is 1. The van der Waals surface area contributed by atoms with Crippen molar-refractivity contribution >= 4 is 22.7 Å². The first-order valence-electron chi connectivity index (χ1n) is 4.65. The second kappa shape index (κ2) is 4.81. The molecule has 2 aromatic rings. The van der Waals surface area contributed by atoms with Crippen molar-refractivity contribution in [3.63, 3.8) is 0 Å². The Morgan fingerprint density at radius 2 is 2.19 bits per heavy atom. The van der Waals surface area contributed by atoms with Crippen LogP contribution in [0.3, 0.4) is 0 Å². The van der Waals surface area contributed by atoms with Gasteiger partial charge < -0.3 is 4.74 Å². The summed E-state index contributed by atoms with van der Waals surface area (Å²) in [6.45, 7) is -0.00513. The number of nitrogens with zero attached hydrogens (tertiary/aromatic N) is 3. The second-order valence-corrected chi connectivity index (χ2v) is 3.75. The highest BCUT2D eigenvalue weighted by Crippen LogP contribution is 2.24. The maximum atomic E-state index is 8.50. The highest BCUT2D eigenvalue weighted by Gasteiger charge is 2.07. The standard InChI is InChI=1S/C11H9N3OS/c1-16-11-13-9-5-3-2-4-8(9)10(14-11)15-7-6-12/h2-5H,7H2,1H3. The molecule has 0 aliphatic heterocycles. The molecule has 0 atom stereocenters. The summed E-state index contributed by atoms with van der Waals surface area (Å²) in [6.07, 6.45) is 1.90. The first-order valence-corrected chi connectivity index (χ1v) is 5.88. The summed E-state index contributed by atoms with van der Waals surface area (Å²) in [5.41, 5.74) is 0.829. The molecule has 1 aromatic heterocycles. The Kier molecular flexibility index (Phi) is 3.22. The molecule has 0 aliphatic rings. The van der Waals surface area contributed by atoms with E-state index >= 15 is 0 Å². The van der Waals surface area contributed by atoms with Crippen molar-refractivity contribution in [2.24, 2.45) is 0 Å². The van der Waals surface area contributed by atoms with Gasteiger partial charge in [0.2, 0.25) is 5.88 Å². The smallest absolute Gasteiger partial charge is 0.226 e. The predicted octanol–water partition coefficient (Wildman–Crippen LogP) is 2.25. The molecule has 2 rings (SSSR count). The quantitative estimate of drug-likeness (QED) is 0.599. The highest BCUT2D eigenvalue weighted by molar-refractivity contribution is 7.98. The molecule has 0 aliphatic carbocycles. The minimum atomic E-state index is -0.00513. The molecule has 5 heteroatoms. The minimum absolute atomic E-state index is 0.00513. The van der Waals surface area contributed by atoms with E-state index in [0.29, 0.717) is 11.0 Å².